The Morgan fingerprint density at radius 2 is 0.821 bits per heavy atom. The van der Waals surface area contributed by atoms with Gasteiger partial charge in [-0.3, -0.25) is 9.15 Å². The van der Waals surface area contributed by atoms with Crippen molar-refractivity contribution in [3.05, 3.63) is 223 Å². The first-order valence-corrected chi connectivity index (χ1v) is 25.8. The molecule has 0 aliphatic carbocycles. The topological polar surface area (TPSA) is 30.1 Å². The molecule has 6 aromatic rings. The maximum Gasteiger partial charge on any atom is 0.130 e. The zero-order valence-electron chi connectivity index (χ0n) is 40.7. The summed E-state index contributed by atoms with van der Waals surface area (Å²) >= 11 is 3.85. The summed E-state index contributed by atoms with van der Waals surface area (Å²) in [5.41, 5.74) is 12.3. The van der Waals surface area contributed by atoms with Gasteiger partial charge in [0.25, 0.3) is 0 Å². The van der Waals surface area contributed by atoms with E-state index in [1.54, 1.807) is 0 Å². The van der Waals surface area contributed by atoms with Crippen molar-refractivity contribution >= 4 is 58.9 Å². The number of anilines is 2. The second kappa shape index (κ2) is 21.3. The Kier molecular flexibility index (Phi) is 15.0. The number of allylic oxidation sites excluding steroid dienone is 4. The molecule has 0 amide bonds. The number of hydrogen-bond donors (Lipinski definition) is 2. The van der Waals surface area contributed by atoms with Crippen LogP contribution in [0.5, 0.6) is 0 Å². The Labute approximate surface area is 409 Å². The fraction of sp³-hybridized carbons (Fsp3) is 0.279. The molecule has 8 rings (SSSR count). The zero-order chi connectivity index (χ0) is 47.2. The quantitative estimate of drug-likeness (QED) is 0.0665. The van der Waals surface area contributed by atoms with E-state index in [-0.39, 0.29) is 12.1 Å². The molecular formula is C61H68N4S2. The molecule has 344 valence electrons. The lowest BCUT2D eigenvalue weighted by atomic mass is 9.91. The third kappa shape index (κ3) is 10.6. The van der Waals surface area contributed by atoms with Gasteiger partial charge in [0.05, 0.1) is 13.4 Å². The fourth-order valence-electron chi connectivity index (χ4n) is 9.45. The van der Waals surface area contributed by atoms with Crippen LogP contribution in [-0.4, -0.2) is 22.6 Å². The van der Waals surface area contributed by atoms with Crippen LogP contribution in [0.15, 0.2) is 158 Å². The van der Waals surface area contributed by atoms with Gasteiger partial charge in [0.2, 0.25) is 0 Å². The molecule has 0 radical (unpaired) electrons. The number of nitrogens with zero attached hydrogens (tertiary/aromatic N) is 2. The summed E-state index contributed by atoms with van der Waals surface area (Å²) in [7, 11) is 0. The molecule has 0 saturated carbocycles. The second-order valence-electron chi connectivity index (χ2n) is 19.1. The van der Waals surface area contributed by atoms with E-state index in [9.17, 15) is 0 Å². The molecule has 4 aromatic carbocycles. The van der Waals surface area contributed by atoms with Gasteiger partial charge in [-0.2, -0.15) is 0 Å². The molecule has 0 fully saturated rings. The van der Waals surface area contributed by atoms with Crippen LogP contribution in [0.4, 0.5) is 11.4 Å². The monoisotopic (exact) mass is 920 g/mol. The number of nitrogens with one attached hydrogen (secondary N) is 2. The fourth-order valence-corrected chi connectivity index (χ4v) is 11.7. The molecular weight excluding hydrogens is 853 g/mol. The van der Waals surface area contributed by atoms with Gasteiger partial charge in [-0.25, -0.2) is 0 Å². The van der Waals surface area contributed by atoms with Crippen molar-refractivity contribution in [2.45, 2.75) is 110 Å². The third-order valence-electron chi connectivity index (χ3n) is 13.1. The SMILES string of the molecule is C=[N+]1C(c2ccccc2)=CC=C[C-]1C(Nc1c(C(C)C)cccc1C(C)C)c1ccc(CCCc2ccc(C(Nc3c(C(C)C)cccc3C(C)C)[C-]3C=CC=C(c4ccccc4)[N+]3=C)s2)s1. The van der Waals surface area contributed by atoms with E-state index in [0.717, 1.165) is 53.9 Å². The smallest absolute Gasteiger partial charge is 0.130 e. The molecule has 0 spiro atoms. The van der Waals surface area contributed by atoms with Gasteiger partial charge in [-0.15, -0.1) is 34.8 Å². The minimum Gasteiger partial charge on any atom is -0.375 e. The van der Waals surface area contributed by atoms with Crippen LogP contribution in [0.1, 0.15) is 150 Å². The van der Waals surface area contributed by atoms with E-state index in [1.165, 1.54) is 53.1 Å². The van der Waals surface area contributed by atoms with Crippen LogP contribution in [0, 0.1) is 12.1 Å². The first kappa shape index (κ1) is 47.4. The summed E-state index contributed by atoms with van der Waals surface area (Å²) in [4.78, 5) is 5.38. The summed E-state index contributed by atoms with van der Waals surface area (Å²) in [6, 6.07) is 46.3. The van der Waals surface area contributed by atoms with Gasteiger partial charge in [0.1, 0.15) is 35.6 Å². The highest BCUT2D eigenvalue weighted by Gasteiger charge is 2.33. The first-order valence-electron chi connectivity index (χ1n) is 24.2. The molecule has 4 nitrogen and oxygen atoms in total. The molecule has 2 aromatic heterocycles. The van der Waals surface area contributed by atoms with Crippen molar-refractivity contribution in [3.8, 4) is 0 Å². The Balaban J connectivity index is 1.05. The van der Waals surface area contributed by atoms with E-state index >= 15 is 0 Å². The third-order valence-corrected chi connectivity index (χ3v) is 15.5. The number of rotatable bonds is 18. The van der Waals surface area contributed by atoms with Crippen LogP contribution in [0.25, 0.3) is 11.4 Å². The van der Waals surface area contributed by atoms with E-state index in [2.05, 4.69) is 246 Å². The van der Waals surface area contributed by atoms with Crippen LogP contribution < -0.4 is 10.6 Å². The van der Waals surface area contributed by atoms with Crippen molar-refractivity contribution in [2.75, 3.05) is 10.6 Å². The van der Waals surface area contributed by atoms with Crippen molar-refractivity contribution < 1.29 is 9.15 Å². The minimum absolute atomic E-state index is 0.0881. The summed E-state index contributed by atoms with van der Waals surface area (Å²) in [6.07, 6.45) is 16.3. The van der Waals surface area contributed by atoms with Gasteiger partial charge in [0, 0.05) is 42.0 Å². The summed E-state index contributed by atoms with van der Waals surface area (Å²) < 4.78 is 4.27. The molecule has 67 heavy (non-hydrogen) atoms. The Morgan fingerprint density at radius 3 is 1.16 bits per heavy atom. The van der Waals surface area contributed by atoms with Gasteiger partial charge < -0.3 is 10.6 Å². The highest BCUT2D eigenvalue weighted by atomic mass is 32.1. The Morgan fingerprint density at radius 1 is 0.463 bits per heavy atom. The average Bonchev–Trinajstić information content (AvgIpc) is 4.01. The number of benzene rings is 4. The maximum atomic E-state index is 4.67. The highest BCUT2D eigenvalue weighted by molar-refractivity contribution is 7.12. The van der Waals surface area contributed by atoms with E-state index in [0.29, 0.717) is 23.7 Å². The Bertz CT molecular complexity index is 2550. The number of aryl methyl sites for hydroxylation is 2. The van der Waals surface area contributed by atoms with Crippen molar-refractivity contribution in [1.29, 1.82) is 0 Å². The Hall–Kier alpha value is -6.08. The van der Waals surface area contributed by atoms with Gasteiger partial charge in [-0.1, -0.05) is 177 Å². The van der Waals surface area contributed by atoms with Crippen LogP contribution >= 0.6 is 22.7 Å². The number of hydrogen-bond acceptors (Lipinski definition) is 4. The molecule has 2 aliphatic heterocycles. The van der Waals surface area contributed by atoms with E-state index in [1.807, 2.05) is 22.7 Å². The summed E-state index contributed by atoms with van der Waals surface area (Å²) in [5, 5.41) is 8.29. The van der Waals surface area contributed by atoms with Crippen molar-refractivity contribution in [1.82, 2.24) is 0 Å². The van der Waals surface area contributed by atoms with Gasteiger partial charge in [-0.05, 0) is 89.5 Å². The maximum absolute atomic E-state index is 4.67. The normalized spacial score (nSPS) is 14.9. The predicted molar refractivity (Wildman–Crippen MR) is 291 cm³/mol. The van der Waals surface area contributed by atoms with Crippen LogP contribution in [0.2, 0.25) is 0 Å². The lowest BCUT2D eigenvalue weighted by Crippen LogP contribution is -2.28. The molecule has 2 unspecified atom stereocenters. The van der Waals surface area contributed by atoms with Crippen LogP contribution in [-0.2, 0) is 12.8 Å². The summed E-state index contributed by atoms with van der Waals surface area (Å²) in [6.45, 7) is 27.7. The minimum atomic E-state index is -0.0881. The summed E-state index contributed by atoms with van der Waals surface area (Å²) in [5.74, 6) is 1.50. The molecule has 0 bridgehead atoms. The molecule has 2 atom stereocenters. The first-order chi connectivity index (χ1) is 32.4. The molecule has 6 heteroatoms. The van der Waals surface area contributed by atoms with Crippen molar-refractivity contribution in [3.63, 3.8) is 0 Å². The van der Waals surface area contributed by atoms with Gasteiger partial charge in [0.15, 0.2) is 0 Å². The lowest BCUT2D eigenvalue weighted by molar-refractivity contribution is -0.404. The molecule has 2 aliphatic rings. The molecule has 4 heterocycles. The molecule has 0 saturated heterocycles. The average molecular weight is 921 g/mol. The van der Waals surface area contributed by atoms with E-state index in [4.69, 9.17) is 0 Å². The van der Waals surface area contributed by atoms with Crippen molar-refractivity contribution in [2.24, 2.45) is 0 Å². The zero-order valence-corrected chi connectivity index (χ0v) is 42.4. The lowest BCUT2D eigenvalue weighted by Gasteiger charge is -2.32. The second-order valence-corrected chi connectivity index (χ2v) is 21.5. The number of thiophene rings is 2. The van der Waals surface area contributed by atoms with Gasteiger partial charge >= 0.3 is 0 Å². The standard InChI is InChI=1S/C61H68N4S2/c1-40(2)48-28-18-29-49(41(3)4)58(48)62-60(54-34-20-32-52(64(54)9)44-22-13-11-14-23-44)56-38-36-46(66-56)26-17-27-47-37-39-57(67-47)61(63-59-50(42(5)6)30-19-31-51(59)43(7)8)55-35-21-33-53(65(55)10)45-24-15-12-16-25-45/h11-16,18-25,28-43,60-63H,9-10,17,26-27H2,1-8H3. The predicted octanol–water partition coefficient (Wildman–Crippen LogP) is 16.5. The molecule has 2 N–H and O–H groups in total. The van der Waals surface area contributed by atoms with Crippen LogP contribution in [0.3, 0.4) is 0 Å². The number of para-hydroxylation sites is 2. The van der Waals surface area contributed by atoms with E-state index < -0.39 is 0 Å². The largest absolute Gasteiger partial charge is 0.375 e. The highest BCUT2D eigenvalue weighted by Crippen LogP contribution is 2.44.